The second-order valence-corrected chi connectivity index (χ2v) is 2.94. The number of phenols is 1. The Morgan fingerprint density at radius 2 is 1.86 bits per heavy atom. The van der Waals surface area contributed by atoms with Crippen molar-refractivity contribution >= 4 is 10.8 Å². The third-order valence-electron chi connectivity index (χ3n) is 2.12. The van der Waals surface area contributed by atoms with Crippen molar-refractivity contribution in [2.45, 2.75) is 0 Å². The zero-order valence-electron chi connectivity index (χ0n) is 7.29. The predicted molar refractivity (Wildman–Crippen MR) is 53.5 cm³/mol. The first-order valence-corrected chi connectivity index (χ1v) is 4.11. The van der Waals surface area contributed by atoms with E-state index in [1.54, 1.807) is 24.3 Å². The van der Waals surface area contributed by atoms with Gasteiger partial charge in [-0.15, -0.1) is 6.42 Å². The average Bonchev–Trinajstić information content (AvgIpc) is 2.18. The molecule has 0 fully saturated rings. The van der Waals surface area contributed by atoms with Crippen molar-refractivity contribution in [1.82, 2.24) is 0 Å². The number of hydrogen-bond acceptors (Lipinski definition) is 1. The van der Waals surface area contributed by atoms with Crippen molar-refractivity contribution in [3.63, 3.8) is 0 Å². The predicted octanol–water partition coefficient (Wildman–Crippen LogP) is 2.67. The Labute approximate surface area is 80.8 Å². The fraction of sp³-hybridized carbons (Fsp3) is 0. The Hall–Kier alpha value is -2.01. The Bertz CT molecular complexity index is 538. The van der Waals surface area contributed by atoms with Gasteiger partial charge in [-0.1, -0.05) is 30.2 Å². The number of halogens is 1. The minimum Gasteiger partial charge on any atom is -0.507 e. The van der Waals surface area contributed by atoms with Crippen LogP contribution >= 0.6 is 0 Å². The summed E-state index contributed by atoms with van der Waals surface area (Å²) in [6, 6.07) is 7.94. The number of benzene rings is 2. The molecule has 2 aromatic carbocycles. The monoisotopic (exact) mass is 186 g/mol. The van der Waals surface area contributed by atoms with Crippen LogP contribution in [0.2, 0.25) is 0 Å². The molecule has 0 aliphatic carbocycles. The summed E-state index contributed by atoms with van der Waals surface area (Å²) in [4.78, 5) is 0. The van der Waals surface area contributed by atoms with E-state index >= 15 is 0 Å². The van der Waals surface area contributed by atoms with Crippen LogP contribution in [-0.2, 0) is 0 Å². The van der Waals surface area contributed by atoms with Gasteiger partial charge in [-0.25, -0.2) is 4.39 Å². The van der Waals surface area contributed by atoms with Gasteiger partial charge in [-0.05, 0) is 0 Å². The van der Waals surface area contributed by atoms with Crippen LogP contribution in [-0.4, -0.2) is 5.11 Å². The molecule has 0 heterocycles. The van der Waals surface area contributed by atoms with E-state index in [1.807, 2.05) is 0 Å². The minimum atomic E-state index is -0.566. The lowest BCUT2D eigenvalue weighted by atomic mass is 10.0. The van der Waals surface area contributed by atoms with Crippen LogP contribution < -0.4 is 0 Å². The maximum absolute atomic E-state index is 13.3. The molecule has 2 rings (SSSR count). The molecular weight excluding hydrogens is 179 g/mol. The fourth-order valence-corrected chi connectivity index (χ4v) is 1.47. The van der Waals surface area contributed by atoms with Gasteiger partial charge in [0.05, 0.1) is 5.56 Å². The third kappa shape index (κ3) is 1.11. The molecule has 0 aromatic heterocycles. The van der Waals surface area contributed by atoms with Gasteiger partial charge in [-0.2, -0.15) is 0 Å². The maximum atomic E-state index is 13.3. The van der Waals surface area contributed by atoms with Crippen molar-refractivity contribution in [3.05, 3.63) is 41.7 Å². The summed E-state index contributed by atoms with van der Waals surface area (Å²) < 4.78 is 13.3. The van der Waals surface area contributed by atoms with E-state index in [0.29, 0.717) is 10.8 Å². The quantitative estimate of drug-likeness (QED) is 0.627. The second kappa shape index (κ2) is 3.04. The molecule has 0 aliphatic rings. The maximum Gasteiger partial charge on any atom is 0.143 e. The minimum absolute atomic E-state index is 0.0860. The van der Waals surface area contributed by atoms with Crippen molar-refractivity contribution < 1.29 is 9.50 Å². The van der Waals surface area contributed by atoms with Crippen LogP contribution in [0.1, 0.15) is 5.56 Å². The van der Waals surface area contributed by atoms with Crippen molar-refractivity contribution in [3.8, 4) is 18.1 Å². The van der Waals surface area contributed by atoms with Gasteiger partial charge in [0.25, 0.3) is 0 Å². The number of phenolic OH excluding ortho intramolecular Hbond substituents is 1. The molecular formula is C12H7FO. The summed E-state index contributed by atoms with van der Waals surface area (Å²) >= 11 is 0. The van der Waals surface area contributed by atoms with E-state index in [1.165, 1.54) is 0 Å². The number of fused-ring (bicyclic) bond motifs is 1. The van der Waals surface area contributed by atoms with Crippen molar-refractivity contribution in [2.24, 2.45) is 0 Å². The van der Waals surface area contributed by atoms with Crippen LogP contribution in [0, 0.1) is 18.2 Å². The second-order valence-electron chi connectivity index (χ2n) is 2.94. The Kier molecular flexibility index (Phi) is 1.86. The molecule has 2 heteroatoms. The first-order chi connectivity index (χ1) is 6.74. The summed E-state index contributed by atoms with van der Waals surface area (Å²) in [6.07, 6.45) is 5.20. The molecule has 2 aromatic rings. The van der Waals surface area contributed by atoms with Gasteiger partial charge < -0.3 is 5.11 Å². The summed E-state index contributed by atoms with van der Waals surface area (Å²) in [5.74, 6) is 1.63. The lowest BCUT2D eigenvalue weighted by Crippen LogP contribution is -1.86. The largest absolute Gasteiger partial charge is 0.507 e. The Balaban J connectivity index is 3.00. The third-order valence-corrected chi connectivity index (χ3v) is 2.12. The summed E-state index contributed by atoms with van der Waals surface area (Å²) in [6.45, 7) is 0. The molecule has 0 bridgehead atoms. The van der Waals surface area contributed by atoms with Crippen LogP contribution in [0.25, 0.3) is 10.8 Å². The SMILES string of the molecule is C#Cc1c(F)cc(O)c2ccccc12. The summed E-state index contributed by atoms with van der Waals surface area (Å²) in [5.41, 5.74) is 0.193. The van der Waals surface area contributed by atoms with Gasteiger partial charge in [0.15, 0.2) is 0 Å². The van der Waals surface area contributed by atoms with E-state index in [4.69, 9.17) is 6.42 Å². The van der Waals surface area contributed by atoms with Crippen molar-refractivity contribution in [2.75, 3.05) is 0 Å². The van der Waals surface area contributed by atoms with Gasteiger partial charge in [0.1, 0.15) is 11.6 Å². The van der Waals surface area contributed by atoms with Crippen LogP contribution in [0.5, 0.6) is 5.75 Å². The molecule has 14 heavy (non-hydrogen) atoms. The fourth-order valence-electron chi connectivity index (χ4n) is 1.47. The zero-order chi connectivity index (χ0) is 10.1. The molecule has 0 amide bonds. The summed E-state index contributed by atoms with van der Waals surface area (Å²) in [5, 5.41) is 10.6. The highest BCUT2D eigenvalue weighted by molar-refractivity contribution is 5.92. The van der Waals surface area contributed by atoms with Crippen LogP contribution in [0.15, 0.2) is 30.3 Å². The molecule has 0 unspecified atom stereocenters. The van der Waals surface area contributed by atoms with Gasteiger partial charge in [-0.3, -0.25) is 0 Å². The normalized spacial score (nSPS) is 10.0. The highest BCUT2D eigenvalue weighted by atomic mass is 19.1. The molecule has 0 saturated carbocycles. The number of hydrogen-bond donors (Lipinski definition) is 1. The molecule has 0 atom stereocenters. The lowest BCUT2D eigenvalue weighted by Gasteiger charge is -2.04. The molecule has 68 valence electrons. The van der Waals surface area contributed by atoms with E-state index in [2.05, 4.69) is 5.92 Å². The van der Waals surface area contributed by atoms with Crippen LogP contribution in [0.3, 0.4) is 0 Å². The van der Waals surface area contributed by atoms with Crippen LogP contribution in [0.4, 0.5) is 4.39 Å². The lowest BCUT2D eigenvalue weighted by molar-refractivity contribution is 0.475. The standard InChI is InChI=1S/C12H7FO/c1-2-8-9-5-3-4-6-10(9)12(14)7-11(8)13/h1,3-7,14H. The zero-order valence-corrected chi connectivity index (χ0v) is 7.29. The average molecular weight is 186 g/mol. The number of terminal acetylenes is 1. The first-order valence-electron chi connectivity index (χ1n) is 4.11. The van der Waals surface area contributed by atoms with Gasteiger partial charge in [0.2, 0.25) is 0 Å². The Morgan fingerprint density at radius 1 is 1.21 bits per heavy atom. The molecule has 0 radical (unpaired) electrons. The topological polar surface area (TPSA) is 20.2 Å². The number of rotatable bonds is 0. The van der Waals surface area contributed by atoms with Gasteiger partial charge >= 0.3 is 0 Å². The molecule has 0 aliphatic heterocycles. The first kappa shape index (κ1) is 8.58. The molecule has 1 nitrogen and oxygen atoms in total. The highest BCUT2D eigenvalue weighted by Crippen LogP contribution is 2.29. The smallest absolute Gasteiger partial charge is 0.143 e. The molecule has 0 spiro atoms. The highest BCUT2D eigenvalue weighted by Gasteiger charge is 2.08. The van der Waals surface area contributed by atoms with Crippen molar-refractivity contribution in [1.29, 1.82) is 0 Å². The molecule has 0 saturated heterocycles. The van der Waals surface area contributed by atoms with E-state index in [-0.39, 0.29) is 11.3 Å². The summed E-state index contributed by atoms with van der Waals surface area (Å²) in [7, 11) is 0. The number of aromatic hydroxyl groups is 1. The molecule has 1 N–H and O–H groups in total. The van der Waals surface area contributed by atoms with E-state index < -0.39 is 5.82 Å². The van der Waals surface area contributed by atoms with Gasteiger partial charge in [0, 0.05) is 16.8 Å². The Morgan fingerprint density at radius 3 is 2.50 bits per heavy atom. The van der Waals surface area contributed by atoms with E-state index in [9.17, 15) is 9.50 Å². The van der Waals surface area contributed by atoms with E-state index in [0.717, 1.165) is 6.07 Å².